The minimum Gasteiger partial charge on any atom is -0.220 e. The molecule has 13 heavy (non-hydrogen) atoms. The first-order chi connectivity index (χ1) is 6.31. The fourth-order valence-electron chi connectivity index (χ4n) is 1.23. The first-order valence-electron chi connectivity index (χ1n) is 3.76. The molecule has 0 spiro atoms. The Bertz CT molecular complexity index is 500. The molecular formula is C10H5FN2. The molecule has 0 aliphatic heterocycles. The van der Waals surface area contributed by atoms with Gasteiger partial charge in [-0.05, 0) is 24.3 Å². The third-order valence-corrected chi connectivity index (χ3v) is 1.82. The number of benzene rings is 1. The summed E-state index contributed by atoms with van der Waals surface area (Å²) in [6, 6.07) is 9.90. The van der Waals surface area contributed by atoms with Crippen LogP contribution in [0.3, 0.4) is 0 Å². The summed E-state index contributed by atoms with van der Waals surface area (Å²) >= 11 is 0. The molecular weight excluding hydrogens is 167 g/mol. The van der Waals surface area contributed by atoms with E-state index in [1.54, 1.807) is 24.3 Å². The minimum absolute atomic E-state index is 0.513. The van der Waals surface area contributed by atoms with Crippen LogP contribution in [0.15, 0.2) is 30.3 Å². The number of pyridine rings is 1. The van der Waals surface area contributed by atoms with Crippen LogP contribution in [0.1, 0.15) is 5.56 Å². The molecule has 1 aromatic carbocycles. The lowest BCUT2D eigenvalue weighted by atomic mass is 10.1. The van der Waals surface area contributed by atoms with Gasteiger partial charge in [0.2, 0.25) is 5.95 Å². The minimum atomic E-state index is -0.525. The molecule has 1 heterocycles. The Hall–Kier alpha value is -1.95. The molecule has 0 atom stereocenters. The maximum Gasteiger partial charge on any atom is 0.213 e. The molecule has 0 saturated carbocycles. The topological polar surface area (TPSA) is 36.7 Å². The summed E-state index contributed by atoms with van der Waals surface area (Å²) in [5.74, 6) is -0.525. The fraction of sp³-hybridized carbons (Fsp3) is 0. The Labute approximate surface area is 74.3 Å². The predicted octanol–water partition coefficient (Wildman–Crippen LogP) is 2.25. The maximum absolute atomic E-state index is 12.7. The summed E-state index contributed by atoms with van der Waals surface area (Å²) in [4.78, 5) is 3.67. The van der Waals surface area contributed by atoms with Gasteiger partial charge in [-0.1, -0.05) is 6.07 Å². The van der Waals surface area contributed by atoms with Crippen molar-refractivity contribution in [2.24, 2.45) is 0 Å². The van der Waals surface area contributed by atoms with E-state index in [2.05, 4.69) is 4.98 Å². The van der Waals surface area contributed by atoms with Crippen LogP contribution in [-0.2, 0) is 0 Å². The van der Waals surface area contributed by atoms with Crippen LogP contribution < -0.4 is 0 Å². The van der Waals surface area contributed by atoms with Gasteiger partial charge in [0.25, 0.3) is 0 Å². The van der Waals surface area contributed by atoms with Crippen LogP contribution in [-0.4, -0.2) is 4.98 Å². The second-order valence-electron chi connectivity index (χ2n) is 2.62. The van der Waals surface area contributed by atoms with Gasteiger partial charge in [0.1, 0.15) is 0 Å². The number of nitriles is 1. The standard InChI is InChI=1S/C10H5FN2/c11-10-5-4-8-7(6-12)2-1-3-9(8)13-10/h1-5H. The number of halogens is 1. The summed E-state index contributed by atoms with van der Waals surface area (Å²) in [6.45, 7) is 0. The van der Waals surface area contributed by atoms with Crippen molar-refractivity contribution in [1.82, 2.24) is 4.98 Å². The third kappa shape index (κ3) is 1.23. The smallest absolute Gasteiger partial charge is 0.213 e. The fourth-order valence-corrected chi connectivity index (χ4v) is 1.23. The van der Waals surface area contributed by atoms with Gasteiger partial charge in [0.05, 0.1) is 17.1 Å². The molecule has 2 rings (SSSR count). The van der Waals surface area contributed by atoms with Gasteiger partial charge in [-0.2, -0.15) is 9.65 Å². The summed E-state index contributed by atoms with van der Waals surface area (Å²) < 4.78 is 12.7. The van der Waals surface area contributed by atoms with E-state index in [0.29, 0.717) is 16.5 Å². The Balaban J connectivity index is 2.87. The Kier molecular flexibility index (Phi) is 1.67. The Morgan fingerprint density at radius 3 is 2.85 bits per heavy atom. The molecule has 0 N–H and O–H groups in total. The molecule has 2 nitrogen and oxygen atoms in total. The molecule has 0 aliphatic rings. The first-order valence-corrected chi connectivity index (χ1v) is 3.76. The van der Waals surface area contributed by atoms with Crippen LogP contribution in [0.4, 0.5) is 4.39 Å². The molecule has 0 bridgehead atoms. The van der Waals surface area contributed by atoms with E-state index < -0.39 is 5.95 Å². The molecule has 0 amide bonds. The largest absolute Gasteiger partial charge is 0.220 e. The molecule has 0 radical (unpaired) electrons. The predicted molar refractivity (Wildman–Crippen MR) is 46.4 cm³/mol. The van der Waals surface area contributed by atoms with Crippen molar-refractivity contribution in [2.45, 2.75) is 0 Å². The average Bonchev–Trinajstić information content (AvgIpc) is 2.16. The number of hydrogen-bond acceptors (Lipinski definition) is 2. The highest BCUT2D eigenvalue weighted by atomic mass is 19.1. The molecule has 1 aromatic heterocycles. The number of rotatable bonds is 0. The number of hydrogen-bond donors (Lipinski definition) is 0. The summed E-state index contributed by atoms with van der Waals surface area (Å²) in [5.41, 5.74) is 1.03. The zero-order valence-corrected chi connectivity index (χ0v) is 6.66. The van der Waals surface area contributed by atoms with Crippen molar-refractivity contribution in [1.29, 1.82) is 5.26 Å². The summed E-state index contributed by atoms with van der Waals surface area (Å²) in [6.07, 6.45) is 0. The molecule has 2 aromatic rings. The number of aromatic nitrogens is 1. The van der Waals surface area contributed by atoms with Crippen molar-refractivity contribution in [3.63, 3.8) is 0 Å². The van der Waals surface area contributed by atoms with Gasteiger partial charge < -0.3 is 0 Å². The van der Waals surface area contributed by atoms with E-state index in [1.165, 1.54) is 6.07 Å². The van der Waals surface area contributed by atoms with E-state index >= 15 is 0 Å². The molecule has 62 valence electrons. The average molecular weight is 172 g/mol. The van der Waals surface area contributed by atoms with Gasteiger partial charge in [-0.3, -0.25) is 0 Å². The monoisotopic (exact) mass is 172 g/mol. The highest BCUT2D eigenvalue weighted by Gasteiger charge is 2.01. The zero-order valence-electron chi connectivity index (χ0n) is 6.66. The Morgan fingerprint density at radius 1 is 1.23 bits per heavy atom. The normalized spacial score (nSPS) is 9.85. The van der Waals surface area contributed by atoms with Crippen molar-refractivity contribution in [2.75, 3.05) is 0 Å². The first kappa shape index (κ1) is 7.69. The van der Waals surface area contributed by atoms with Crippen LogP contribution in [0, 0.1) is 17.3 Å². The molecule has 3 heteroatoms. The number of nitrogens with zero attached hydrogens (tertiary/aromatic N) is 2. The SMILES string of the molecule is N#Cc1cccc2nc(F)ccc12. The lowest BCUT2D eigenvalue weighted by Crippen LogP contribution is -1.85. The lowest BCUT2D eigenvalue weighted by molar-refractivity contribution is 0.589. The van der Waals surface area contributed by atoms with Crippen molar-refractivity contribution in [3.05, 3.63) is 41.8 Å². The van der Waals surface area contributed by atoms with Gasteiger partial charge in [0.15, 0.2) is 0 Å². The van der Waals surface area contributed by atoms with Crippen LogP contribution >= 0.6 is 0 Å². The highest BCUT2D eigenvalue weighted by molar-refractivity contribution is 5.84. The van der Waals surface area contributed by atoms with E-state index in [0.717, 1.165) is 0 Å². The van der Waals surface area contributed by atoms with Gasteiger partial charge >= 0.3 is 0 Å². The van der Waals surface area contributed by atoms with Crippen molar-refractivity contribution in [3.8, 4) is 6.07 Å². The maximum atomic E-state index is 12.7. The second kappa shape index (κ2) is 2.83. The van der Waals surface area contributed by atoms with Gasteiger partial charge in [0, 0.05) is 5.39 Å². The van der Waals surface area contributed by atoms with E-state index in [4.69, 9.17) is 5.26 Å². The van der Waals surface area contributed by atoms with Gasteiger partial charge in [-0.25, -0.2) is 4.98 Å². The van der Waals surface area contributed by atoms with Crippen molar-refractivity contribution < 1.29 is 4.39 Å². The van der Waals surface area contributed by atoms with E-state index in [9.17, 15) is 4.39 Å². The zero-order chi connectivity index (χ0) is 9.26. The quantitative estimate of drug-likeness (QED) is 0.571. The van der Waals surface area contributed by atoms with Crippen LogP contribution in [0.25, 0.3) is 10.9 Å². The molecule has 0 aliphatic carbocycles. The summed E-state index contributed by atoms with van der Waals surface area (Å²) in [5, 5.41) is 9.42. The summed E-state index contributed by atoms with van der Waals surface area (Å²) in [7, 11) is 0. The van der Waals surface area contributed by atoms with Crippen LogP contribution in [0.2, 0.25) is 0 Å². The number of fused-ring (bicyclic) bond motifs is 1. The molecule has 0 saturated heterocycles. The second-order valence-corrected chi connectivity index (χ2v) is 2.62. The molecule has 0 fully saturated rings. The van der Waals surface area contributed by atoms with E-state index in [1.807, 2.05) is 6.07 Å². The van der Waals surface area contributed by atoms with Gasteiger partial charge in [-0.15, -0.1) is 0 Å². The molecule has 0 unspecified atom stereocenters. The van der Waals surface area contributed by atoms with Crippen molar-refractivity contribution >= 4 is 10.9 Å². The van der Waals surface area contributed by atoms with Crippen LogP contribution in [0.5, 0.6) is 0 Å². The Morgan fingerprint density at radius 2 is 2.08 bits per heavy atom. The van der Waals surface area contributed by atoms with E-state index in [-0.39, 0.29) is 0 Å². The lowest BCUT2D eigenvalue weighted by Gasteiger charge is -1.97. The third-order valence-electron chi connectivity index (χ3n) is 1.82. The highest BCUT2D eigenvalue weighted by Crippen LogP contribution is 2.15.